The maximum absolute atomic E-state index is 13.5. The smallest absolute Gasteiger partial charge is 0.215 e. The second-order valence-corrected chi connectivity index (χ2v) is 8.61. The lowest BCUT2D eigenvalue weighted by atomic mass is 9.92. The highest BCUT2D eigenvalue weighted by Gasteiger charge is 2.21. The fourth-order valence-corrected chi connectivity index (χ4v) is 4.58. The van der Waals surface area contributed by atoms with E-state index in [0.29, 0.717) is 18.4 Å². The number of rotatable bonds is 7. The molecule has 1 fully saturated rings. The van der Waals surface area contributed by atoms with Crippen LogP contribution in [0, 0.1) is 17.7 Å². The Morgan fingerprint density at radius 1 is 1.22 bits per heavy atom. The van der Waals surface area contributed by atoms with Crippen LogP contribution in [-0.4, -0.2) is 39.5 Å². The largest absolute Gasteiger partial charge is 0.303 e. The van der Waals surface area contributed by atoms with E-state index < -0.39 is 15.8 Å². The Labute approximate surface area is 139 Å². The maximum atomic E-state index is 13.5. The first-order valence-corrected chi connectivity index (χ1v) is 9.94. The van der Waals surface area contributed by atoms with E-state index in [9.17, 15) is 12.8 Å². The summed E-state index contributed by atoms with van der Waals surface area (Å²) >= 11 is 0. The lowest BCUT2D eigenvalue weighted by molar-refractivity contribution is 0.140. The summed E-state index contributed by atoms with van der Waals surface area (Å²) in [6, 6.07) is 5.99. The van der Waals surface area contributed by atoms with Crippen molar-refractivity contribution in [2.24, 2.45) is 11.8 Å². The monoisotopic (exact) mass is 342 g/mol. The van der Waals surface area contributed by atoms with Crippen LogP contribution in [-0.2, 0) is 15.8 Å². The summed E-state index contributed by atoms with van der Waals surface area (Å²) < 4.78 is 40.1. The van der Waals surface area contributed by atoms with E-state index in [4.69, 9.17) is 0 Å². The van der Waals surface area contributed by atoms with E-state index in [1.807, 2.05) is 0 Å². The number of nitrogens with one attached hydrogen (secondary N) is 1. The molecule has 1 aromatic carbocycles. The van der Waals surface area contributed by atoms with Crippen LogP contribution in [0.25, 0.3) is 0 Å². The number of hydrogen-bond acceptors (Lipinski definition) is 3. The molecule has 23 heavy (non-hydrogen) atoms. The first-order valence-electron chi connectivity index (χ1n) is 8.29. The van der Waals surface area contributed by atoms with Crippen molar-refractivity contribution in [3.8, 4) is 0 Å². The molecular weight excluding hydrogens is 315 g/mol. The van der Waals surface area contributed by atoms with Crippen LogP contribution in [0.2, 0.25) is 0 Å². The first kappa shape index (κ1) is 18.4. The molecule has 4 nitrogen and oxygen atoms in total. The number of sulfonamides is 1. The summed E-state index contributed by atoms with van der Waals surface area (Å²) in [5.41, 5.74) is 0.207. The molecule has 0 aliphatic carbocycles. The van der Waals surface area contributed by atoms with E-state index in [-0.39, 0.29) is 11.3 Å². The molecule has 0 amide bonds. The Morgan fingerprint density at radius 2 is 1.87 bits per heavy atom. The number of halogens is 1. The summed E-state index contributed by atoms with van der Waals surface area (Å²) in [7, 11) is -3.49. The first-order chi connectivity index (χ1) is 10.9. The highest BCUT2D eigenvalue weighted by atomic mass is 32.2. The Hall–Kier alpha value is -0.980. The highest BCUT2D eigenvalue weighted by Crippen LogP contribution is 2.20. The third-order valence-corrected chi connectivity index (χ3v) is 5.56. The summed E-state index contributed by atoms with van der Waals surface area (Å²) in [5.74, 6) is 0.624. The highest BCUT2D eigenvalue weighted by molar-refractivity contribution is 7.88. The van der Waals surface area contributed by atoms with E-state index >= 15 is 0 Å². The minimum absolute atomic E-state index is 0.207. The molecule has 0 saturated carbocycles. The van der Waals surface area contributed by atoms with E-state index in [2.05, 4.69) is 23.5 Å². The van der Waals surface area contributed by atoms with Crippen LogP contribution in [0.1, 0.15) is 32.3 Å². The topological polar surface area (TPSA) is 49.4 Å². The summed E-state index contributed by atoms with van der Waals surface area (Å²) in [6.07, 6.45) is 2.04. The lowest BCUT2D eigenvalue weighted by Crippen LogP contribution is -2.40. The molecule has 0 bridgehead atoms. The van der Waals surface area contributed by atoms with Gasteiger partial charge in [-0.2, -0.15) is 0 Å². The molecule has 1 heterocycles. The zero-order chi connectivity index (χ0) is 16.9. The average Bonchev–Trinajstić information content (AvgIpc) is 2.45. The van der Waals surface area contributed by atoms with Crippen LogP contribution >= 0.6 is 0 Å². The fourth-order valence-electron chi connectivity index (χ4n) is 3.38. The Balaban J connectivity index is 1.74. The fraction of sp³-hybridized carbons (Fsp3) is 0.647. The van der Waals surface area contributed by atoms with Crippen molar-refractivity contribution in [3.05, 3.63) is 35.6 Å². The predicted octanol–water partition coefficient (Wildman–Crippen LogP) is 2.61. The minimum atomic E-state index is -3.49. The van der Waals surface area contributed by atoms with Gasteiger partial charge in [-0.1, -0.05) is 32.0 Å². The average molecular weight is 342 g/mol. The van der Waals surface area contributed by atoms with Crippen molar-refractivity contribution in [2.75, 3.05) is 26.2 Å². The second-order valence-electron chi connectivity index (χ2n) is 6.80. The van der Waals surface area contributed by atoms with Gasteiger partial charge in [-0.25, -0.2) is 17.5 Å². The van der Waals surface area contributed by atoms with Crippen LogP contribution in [0.5, 0.6) is 0 Å². The Morgan fingerprint density at radius 3 is 2.52 bits per heavy atom. The number of nitrogens with zero attached hydrogens (tertiary/aromatic N) is 1. The molecular formula is C17H27FN2O2S. The number of benzene rings is 1. The molecule has 1 aliphatic rings. The van der Waals surface area contributed by atoms with Crippen LogP contribution in [0.3, 0.4) is 0 Å². The third kappa shape index (κ3) is 6.20. The molecule has 1 aliphatic heterocycles. The quantitative estimate of drug-likeness (QED) is 0.775. The summed E-state index contributed by atoms with van der Waals surface area (Å²) in [5, 5.41) is 0. The zero-order valence-electron chi connectivity index (χ0n) is 14.0. The molecule has 1 aromatic rings. The van der Waals surface area contributed by atoms with Crippen molar-refractivity contribution >= 4 is 10.0 Å². The van der Waals surface area contributed by atoms with Gasteiger partial charge in [0.1, 0.15) is 5.82 Å². The maximum Gasteiger partial charge on any atom is 0.215 e. The van der Waals surface area contributed by atoms with Gasteiger partial charge < -0.3 is 4.90 Å². The number of likely N-dealkylation sites (tertiary alicyclic amines) is 1. The van der Waals surface area contributed by atoms with Crippen LogP contribution < -0.4 is 4.72 Å². The molecule has 6 heteroatoms. The third-order valence-electron chi connectivity index (χ3n) is 4.22. The molecule has 0 aromatic heterocycles. The van der Waals surface area contributed by atoms with Gasteiger partial charge in [0.25, 0.3) is 0 Å². The van der Waals surface area contributed by atoms with Gasteiger partial charge in [-0.05, 0) is 37.3 Å². The predicted molar refractivity (Wildman–Crippen MR) is 91.0 cm³/mol. The van der Waals surface area contributed by atoms with Crippen LogP contribution in [0.4, 0.5) is 4.39 Å². The molecule has 1 N–H and O–H groups in total. The van der Waals surface area contributed by atoms with E-state index in [1.54, 1.807) is 12.1 Å². The van der Waals surface area contributed by atoms with Gasteiger partial charge in [0.2, 0.25) is 10.0 Å². The van der Waals surface area contributed by atoms with Gasteiger partial charge >= 0.3 is 0 Å². The van der Waals surface area contributed by atoms with Crippen molar-refractivity contribution in [1.29, 1.82) is 0 Å². The van der Waals surface area contributed by atoms with Crippen LogP contribution in [0.15, 0.2) is 24.3 Å². The molecule has 1 saturated heterocycles. The second kappa shape index (κ2) is 8.22. The zero-order valence-corrected chi connectivity index (χ0v) is 14.8. The number of piperidine rings is 1. The Bertz CT molecular complexity index is 596. The molecule has 130 valence electrons. The molecule has 2 unspecified atom stereocenters. The van der Waals surface area contributed by atoms with Crippen molar-refractivity contribution in [2.45, 2.75) is 32.4 Å². The van der Waals surface area contributed by atoms with Crippen molar-refractivity contribution in [3.63, 3.8) is 0 Å². The van der Waals surface area contributed by atoms with E-state index in [0.717, 1.165) is 26.1 Å². The standard InChI is InChI=1S/C17H27FN2O2S/c1-14-10-15(2)12-20(11-14)9-5-8-19-23(21,22)13-16-6-3-4-7-17(16)18/h3-4,6-7,14-15,19H,5,8-13H2,1-2H3. The summed E-state index contributed by atoms with van der Waals surface area (Å²) in [6.45, 7) is 8.01. The van der Waals surface area contributed by atoms with Gasteiger partial charge in [-0.15, -0.1) is 0 Å². The lowest BCUT2D eigenvalue weighted by Gasteiger charge is -2.34. The van der Waals surface area contributed by atoms with Gasteiger partial charge in [0, 0.05) is 25.2 Å². The van der Waals surface area contributed by atoms with Gasteiger partial charge in [0.05, 0.1) is 5.75 Å². The minimum Gasteiger partial charge on any atom is -0.303 e. The Kier molecular flexibility index (Phi) is 6.56. The molecule has 0 spiro atoms. The van der Waals surface area contributed by atoms with Gasteiger partial charge in [0.15, 0.2) is 0 Å². The molecule has 2 rings (SSSR count). The normalized spacial score (nSPS) is 23.1. The van der Waals surface area contributed by atoms with Crippen molar-refractivity contribution < 1.29 is 12.8 Å². The van der Waals surface area contributed by atoms with E-state index in [1.165, 1.54) is 18.6 Å². The van der Waals surface area contributed by atoms with Gasteiger partial charge in [-0.3, -0.25) is 0 Å². The number of hydrogen-bond donors (Lipinski definition) is 1. The van der Waals surface area contributed by atoms with Crippen molar-refractivity contribution in [1.82, 2.24) is 9.62 Å². The molecule has 0 radical (unpaired) electrons. The molecule has 2 atom stereocenters. The SMILES string of the molecule is CC1CC(C)CN(CCCNS(=O)(=O)Cc2ccccc2F)C1. The summed E-state index contributed by atoms with van der Waals surface area (Å²) in [4.78, 5) is 2.41.